The Balaban J connectivity index is 0.00000231. The van der Waals surface area contributed by atoms with Gasteiger partial charge in [-0.2, -0.15) is 0 Å². The molecule has 5 atom stereocenters. The summed E-state index contributed by atoms with van der Waals surface area (Å²) in [6.07, 6.45) is 8.92. The van der Waals surface area contributed by atoms with Crippen molar-refractivity contribution < 1.29 is 18.8 Å². The molecule has 4 fully saturated rings. The summed E-state index contributed by atoms with van der Waals surface area (Å²) >= 11 is 0. The SMILES string of the molecule is Cc1cc(CNC(=O)[C@H]2[C@H](C(=O)OCCC3CCCCN3)[C@H]3CC[C@@H]2C32CC2)no1.Cl. The zero-order chi connectivity index (χ0) is 20.7. The van der Waals surface area contributed by atoms with Crippen molar-refractivity contribution >= 4 is 24.3 Å². The van der Waals surface area contributed by atoms with E-state index in [1.54, 1.807) is 0 Å². The van der Waals surface area contributed by atoms with Crippen molar-refractivity contribution in [1.29, 1.82) is 0 Å². The molecule has 1 saturated heterocycles. The normalized spacial score (nSPS) is 32.5. The summed E-state index contributed by atoms with van der Waals surface area (Å²) in [5.41, 5.74) is 0.936. The van der Waals surface area contributed by atoms with Crippen molar-refractivity contribution in [1.82, 2.24) is 15.8 Å². The molecule has 3 saturated carbocycles. The maximum absolute atomic E-state index is 13.2. The van der Waals surface area contributed by atoms with Crippen molar-refractivity contribution in [3.8, 4) is 0 Å². The number of hydrogen-bond donors (Lipinski definition) is 2. The third-order valence-electron chi connectivity index (χ3n) is 8.17. The van der Waals surface area contributed by atoms with Gasteiger partial charge < -0.3 is 19.9 Å². The molecule has 3 aliphatic carbocycles. The molecule has 1 aromatic rings. The summed E-state index contributed by atoms with van der Waals surface area (Å²) in [7, 11) is 0. The lowest BCUT2D eigenvalue weighted by atomic mass is 9.78. The van der Waals surface area contributed by atoms with Gasteiger partial charge in [0, 0.05) is 12.1 Å². The molecule has 1 aliphatic heterocycles. The summed E-state index contributed by atoms with van der Waals surface area (Å²) in [5, 5.41) is 10.5. The number of amides is 1. The Morgan fingerprint density at radius 1 is 1.23 bits per heavy atom. The number of halogens is 1. The van der Waals surface area contributed by atoms with Crippen LogP contribution in [0.5, 0.6) is 0 Å². The first kappa shape index (κ1) is 22.6. The van der Waals surface area contributed by atoms with Gasteiger partial charge in [0.05, 0.1) is 25.0 Å². The van der Waals surface area contributed by atoms with Crippen LogP contribution in [-0.4, -0.2) is 36.2 Å². The van der Waals surface area contributed by atoms with Crippen molar-refractivity contribution in [3.05, 3.63) is 17.5 Å². The predicted molar refractivity (Wildman–Crippen MR) is 116 cm³/mol. The van der Waals surface area contributed by atoms with E-state index in [0.717, 1.165) is 50.8 Å². The maximum atomic E-state index is 13.2. The van der Waals surface area contributed by atoms with Crippen LogP contribution in [0.25, 0.3) is 0 Å². The number of aromatic nitrogens is 1. The van der Waals surface area contributed by atoms with E-state index in [1.807, 2.05) is 13.0 Å². The zero-order valence-corrected chi connectivity index (χ0v) is 19.0. The van der Waals surface area contributed by atoms with Gasteiger partial charge in [0.1, 0.15) is 11.5 Å². The van der Waals surface area contributed by atoms with E-state index >= 15 is 0 Å². The quantitative estimate of drug-likeness (QED) is 0.618. The molecule has 2 N–H and O–H groups in total. The van der Waals surface area contributed by atoms with E-state index in [4.69, 9.17) is 9.26 Å². The number of piperidine rings is 1. The molecule has 7 nitrogen and oxygen atoms in total. The number of rotatable bonds is 7. The molecule has 31 heavy (non-hydrogen) atoms. The van der Waals surface area contributed by atoms with Crippen molar-refractivity contribution in [2.45, 2.75) is 70.9 Å². The first-order chi connectivity index (χ1) is 14.6. The zero-order valence-electron chi connectivity index (χ0n) is 18.2. The van der Waals surface area contributed by atoms with Gasteiger partial charge in [-0.05, 0) is 75.7 Å². The molecule has 1 unspecified atom stereocenters. The van der Waals surface area contributed by atoms with Gasteiger partial charge in [-0.3, -0.25) is 9.59 Å². The van der Waals surface area contributed by atoms with Crippen LogP contribution in [0.3, 0.4) is 0 Å². The average molecular weight is 452 g/mol. The summed E-state index contributed by atoms with van der Waals surface area (Å²) in [6.45, 7) is 3.68. The predicted octanol–water partition coefficient (Wildman–Crippen LogP) is 3.15. The molecule has 172 valence electrons. The van der Waals surface area contributed by atoms with E-state index in [2.05, 4.69) is 15.8 Å². The molecule has 5 rings (SSSR count). The third-order valence-corrected chi connectivity index (χ3v) is 8.17. The van der Waals surface area contributed by atoms with Gasteiger partial charge in [-0.1, -0.05) is 11.6 Å². The van der Waals surface area contributed by atoms with Gasteiger partial charge in [0.15, 0.2) is 0 Å². The molecule has 0 aromatic carbocycles. The Bertz CT molecular complexity index is 802. The average Bonchev–Trinajstić information content (AvgIpc) is 3.24. The minimum Gasteiger partial charge on any atom is -0.465 e. The van der Waals surface area contributed by atoms with Crippen LogP contribution in [0, 0.1) is 36.0 Å². The van der Waals surface area contributed by atoms with Gasteiger partial charge in [-0.25, -0.2) is 0 Å². The second-order valence-corrected chi connectivity index (χ2v) is 9.82. The van der Waals surface area contributed by atoms with Crippen LogP contribution >= 0.6 is 12.4 Å². The lowest BCUT2D eigenvalue weighted by Crippen LogP contribution is -2.42. The fourth-order valence-electron chi connectivity index (χ4n) is 6.69. The topological polar surface area (TPSA) is 93.5 Å². The number of carbonyl (C=O) groups is 2. The molecular formula is C23H34ClN3O4. The van der Waals surface area contributed by atoms with Crippen LogP contribution in [0.15, 0.2) is 10.6 Å². The first-order valence-electron chi connectivity index (χ1n) is 11.7. The highest BCUT2D eigenvalue weighted by Crippen LogP contribution is 2.74. The van der Waals surface area contributed by atoms with E-state index in [0.29, 0.717) is 36.7 Å². The maximum Gasteiger partial charge on any atom is 0.310 e. The molecule has 1 spiro atoms. The fourth-order valence-corrected chi connectivity index (χ4v) is 6.69. The Labute approximate surface area is 189 Å². The van der Waals surface area contributed by atoms with Gasteiger partial charge in [0.25, 0.3) is 0 Å². The van der Waals surface area contributed by atoms with Crippen LogP contribution in [0.1, 0.15) is 62.8 Å². The number of esters is 1. The summed E-state index contributed by atoms with van der Waals surface area (Å²) in [4.78, 5) is 26.3. The minimum atomic E-state index is -0.287. The highest BCUT2D eigenvalue weighted by atomic mass is 35.5. The first-order valence-corrected chi connectivity index (χ1v) is 11.7. The second-order valence-electron chi connectivity index (χ2n) is 9.82. The second kappa shape index (κ2) is 9.10. The van der Waals surface area contributed by atoms with Gasteiger partial charge >= 0.3 is 5.97 Å². The van der Waals surface area contributed by atoms with Crippen molar-refractivity contribution in [3.63, 3.8) is 0 Å². The molecule has 1 aromatic heterocycles. The molecule has 8 heteroatoms. The summed E-state index contributed by atoms with van der Waals surface area (Å²) in [5.74, 6) is 0.632. The standard InChI is InChI=1S/C23H33N3O4.ClH/c1-14-12-16(26-30-14)13-25-21(27)19-17-5-6-18(23(17)8-9-23)20(19)22(28)29-11-7-15-4-2-3-10-24-15;/h12,15,17-20,24H,2-11,13H2,1H3,(H,25,27);1H/t15?,17-,18+,19+,20+;/m0./s1. The van der Waals surface area contributed by atoms with Crippen molar-refractivity contribution in [2.24, 2.45) is 29.1 Å². The lowest BCUT2D eigenvalue weighted by Gasteiger charge is -2.29. The van der Waals surface area contributed by atoms with Gasteiger partial charge in [0.2, 0.25) is 5.91 Å². The summed E-state index contributed by atoms with van der Waals surface area (Å²) in [6, 6.07) is 2.28. The van der Waals surface area contributed by atoms with E-state index in [-0.39, 0.29) is 41.5 Å². The van der Waals surface area contributed by atoms with Crippen LogP contribution in [0.2, 0.25) is 0 Å². The summed E-state index contributed by atoms with van der Waals surface area (Å²) < 4.78 is 10.9. The largest absolute Gasteiger partial charge is 0.465 e. The number of nitrogens with one attached hydrogen (secondary N) is 2. The molecule has 2 heterocycles. The number of hydrogen-bond acceptors (Lipinski definition) is 6. The molecule has 4 aliphatic rings. The number of aryl methyl sites for hydroxylation is 1. The Morgan fingerprint density at radius 3 is 2.65 bits per heavy atom. The Morgan fingerprint density at radius 2 is 2.00 bits per heavy atom. The van der Waals surface area contributed by atoms with Crippen LogP contribution in [0.4, 0.5) is 0 Å². The molecule has 2 bridgehead atoms. The monoisotopic (exact) mass is 451 g/mol. The van der Waals surface area contributed by atoms with E-state index < -0.39 is 0 Å². The smallest absolute Gasteiger partial charge is 0.310 e. The minimum absolute atomic E-state index is 0. The molecule has 0 radical (unpaired) electrons. The number of ether oxygens (including phenoxy) is 1. The lowest BCUT2D eigenvalue weighted by molar-refractivity contribution is -0.155. The van der Waals surface area contributed by atoms with E-state index in [9.17, 15) is 9.59 Å². The molecular weight excluding hydrogens is 418 g/mol. The Kier molecular flexibility index (Phi) is 6.63. The fraction of sp³-hybridized carbons (Fsp3) is 0.783. The van der Waals surface area contributed by atoms with Crippen LogP contribution < -0.4 is 10.6 Å². The Hall–Kier alpha value is -1.60. The number of nitrogens with zero attached hydrogens (tertiary/aromatic N) is 1. The van der Waals surface area contributed by atoms with Crippen LogP contribution in [-0.2, 0) is 20.9 Å². The van der Waals surface area contributed by atoms with Gasteiger partial charge in [-0.15, -0.1) is 12.4 Å². The molecule has 1 amide bonds. The number of carbonyl (C=O) groups excluding carboxylic acids is 2. The van der Waals surface area contributed by atoms with E-state index in [1.165, 1.54) is 12.8 Å². The van der Waals surface area contributed by atoms with Crippen molar-refractivity contribution in [2.75, 3.05) is 13.2 Å². The highest BCUT2D eigenvalue weighted by molar-refractivity contribution is 5.87. The third kappa shape index (κ3) is 4.23. The highest BCUT2D eigenvalue weighted by Gasteiger charge is 2.71.